The number of nitrogens with one attached hydrogen (secondary N) is 1. The summed E-state index contributed by atoms with van der Waals surface area (Å²) in [4.78, 5) is 5.63. The van der Waals surface area contributed by atoms with Crippen LogP contribution in [0.3, 0.4) is 0 Å². The third kappa shape index (κ3) is 3.45. The van der Waals surface area contributed by atoms with Crippen LogP contribution in [0.5, 0.6) is 0 Å². The number of hydrogen-bond donors (Lipinski definition) is 1. The maximum absolute atomic E-state index is 12.2. The lowest BCUT2D eigenvalue weighted by molar-refractivity contribution is -0.134. The molecule has 102 valence electrons. The Balaban J connectivity index is 2.07. The predicted molar refractivity (Wildman–Crippen MR) is 66.1 cm³/mol. The van der Waals surface area contributed by atoms with Gasteiger partial charge in [0.25, 0.3) is 0 Å². The van der Waals surface area contributed by atoms with E-state index >= 15 is 0 Å². The fourth-order valence-corrected chi connectivity index (χ4v) is 3.55. The molecule has 1 atom stereocenters. The molecule has 18 heavy (non-hydrogen) atoms. The molecule has 0 aromatic carbocycles. The van der Waals surface area contributed by atoms with E-state index in [9.17, 15) is 13.2 Å². The van der Waals surface area contributed by atoms with Crippen LogP contribution >= 0.6 is 11.3 Å². The van der Waals surface area contributed by atoms with Gasteiger partial charge in [-0.2, -0.15) is 13.2 Å². The molecular weight excluding hydrogens is 261 g/mol. The monoisotopic (exact) mass is 278 g/mol. The summed E-state index contributed by atoms with van der Waals surface area (Å²) in [6.45, 7) is 0.857. The zero-order valence-corrected chi connectivity index (χ0v) is 11.1. The summed E-state index contributed by atoms with van der Waals surface area (Å²) in [7, 11) is 1.89. The molecule has 1 aliphatic rings. The van der Waals surface area contributed by atoms with Crippen molar-refractivity contribution in [3.8, 4) is 0 Å². The summed E-state index contributed by atoms with van der Waals surface area (Å²) in [6, 6.07) is 0. The highest BCUT2D eigenvalue weighted by atomic mass is 32.1. The molecule has 1 unspecified atom stereocenters. The molecule has 0 aliphatic heterocycles. The number of alkyl halides is 3. The highest BCUT2D eigenvalue weighted by Gasteiger charge is 2.29. The van der Waals surface area contributed by atoms with E-state index in [1.807, 2.05) is 7.05 Å². The number of fused-ring (bicyclic) bond motifs is 1. The van der Waals surface area contributed by atoms with Gasteiger partial charge in [0.2, 0.25) is 0 Å². The summed E-state index contributed by atoms with van der Waals surface area (Å²) in [6.07, 6.45) is -1.67. The average Bonchev–Trinajstić information content (AvgIpc) is 2.70. The van der Waals surface area contributed by atoms with Gasteiger partial charge in [-0.25, -0.2) is 4.98 Å². The third-order valence-corrected chi connectivity index (χ3v) is 4.38. The lowest BCUT2D eigenvalue weighted by Gasteiger charge is -2.20. The Kier molecular flexibility index (Phi) is 4.27. The van der Waals surface area contributed by atoms with E-state index in [1.54, 1.807) is 0 Å². The number of nitrogens with zero attached hydrogens (tertiary/aromatic N) is 1. The van der Waals surface area contributed by atoms with Gasteiger partial charge < -0.3 is 5.32 Å². The van der Waals surface area contributed by atoms with Crippen LogP contribution in [0.25, 0.3) is 0 Å². The van der Waals surface area contributed by atoms with E-state index in [4.69, 9.17) is 0 Å². The molecule has 0 saturated carbocycles. The van der Waals surface area contributed by atoms with Gasteiger partial charge in [0.05, 0.1) is 10.7 Å². The number of rotatable bonds is 4. The standard InChI is InChI=1S/C12H17F3N2S/c1-16-7-8-3-2-4-9-11(8)17-10(18-9)5-6-12(13,14)15/h8,16H,2-7H2,1H3. The first kappa shape index (κ1) is 13.8. The Labute approximate surface area is 109 Å². The van der Waals surface area contributed by atoms with Crippen molar-refractivity contribution in [3.63, 3.8) is 0 Å². The molecule has 1 aromatic heterocycles. The highest BCUT2D eigenvalue weighted by Crippen LogP contribution is 2.35. The van der Waals surface area contributed by atoms with Crippen molar-refractivity contribution in [3.05, 3.63) is 15.6 Å². The Morgan fingerprint density at radius 2 is 2.22 bits per heavy atom. The minimum Gasteiger partial charge on any atom is -0.319 e. The second kappa shape index (κ2) is 5.57. The van der Waals surface area contributed by atoms with E-state index in [0.29, 0.717) is 10.9 Å². The van der Waals surface area contributed by atoms with Crippen molar-refractivity contribution in [2.24, 2.45) is 0 Å². The topological polar surface area (TPSA) is 24.9 Å². The van der Waals surface area contributed by atoms with Crippen LogP contribution in [-0.2, 0) is 12.8 Å². The van der Waals surface area contributed by atoms with Crippen LogP contribution in [0.1, 0.15) is 40.8 Å². The minimum atomic E-state index is -4.09. The normalized spacial score (nSPS) is 19.9. The molecule has 0 amide bonds. The van der Waals surface area contributed by atoms with Gasteiger partial charge in [-0.3, -0.25) is 0 Å². The number of likely N-dealkylation sites (N-methyl/N-ethyl adjacent to an activating group) is 1. The van der Waals surface area contributed by atoms with Crippen LogP contribution in [0.4, 0.5) is 13.2 Å². The molecule has 0 spiro atoms. The smallest absolute Gasteiger partial charge is 0.319 e. The first-order valence-corrected chi connectivity index (χ1v) is 7.01. The van der Waals surface area contributed by atoms with Crippen molar-refractivity contribution in [1.82, 2.24) is 10.3 Å². The van der Waals surface area contributed by atoms with Gasteiger partial charge in [-0.1, -0.05) is 0 Å². The van der Waals surface area contributed by atoms with Crippen molar-refractivity contribution in [1.29, 1.82) is 0 Å². The van der Waals surface area contributed by atoms with E-state index in [1.165, 1.54) is 16.2 Å². The molecule has 1 heterocycles. The number of hydrogen-bond acceptors (Lipinski definition) is 3. The van der Waals surface area contributed by atoms with Crippen molar-refractivity contribution >= 4 is 11.3 Å². The Bertz CT molecular complexity index is 401. The van der Waals surface area contributed by atoms with Gasteiger partial charge in [-0.15, -0.1) is 11.3 Å². The molecular formula is C12H17F3N2S. The summed E-state index contributed by atoms with van der Waals surface area (Å²) < 4.78 is 36.6. The average molecular weight is 278 g/mol. The highest BCUT2D eigenvalue weighted by molar-refractivity contribution is 7.11. The minimum absolute atomic E-state index is 0.0213. The number of aromatic nitrogens is 1. The molecule has 2 nitrogen and oxygen atoms in total. The van der Waals surface area contributed by atoms with Crippen molar-refractivity contribution in [2.45, 2.75) is 44.2 Å². The maximum atomic E-state index is 12.2. The maximum Gasteiger partial charge on any atom is 0.389 e. The van der Waals surface area contributed by atoms with Crippen molar-refractivity contribution < 1.29 is 13.2 Å². The SMILES string of the molecule is CNCC1CCCc2sc(CCC(F)(F)F)nc21. The Morgan fingerprint density at radius 1 is 1.44 bits per heavy atom. The largest absolute Gasteiger partial charge is 0.389 e. The Hall–Kier alpha value is -0.620. The molecule has 0 bridgehead atoms. The van der Waals surface area contributed by atoms with Crippen LogP contribution in [0, 0.1) is 0 Å². The van der Waals surface area contributed by atoms with Crippen LogP contribution in [-0.4, -0.2) is 24.8 Å². The van der Waals surface area contributed by atoms with Gasteiger partial charge in [0.1, 0.15) is 0 Å². The fraction of sp³-hybridized carbons (Fsp3) is 0.750. The molecule has 1 aliphatic carbocycles. The number of halogens is 3. The molecule has 1 N–H and O–H groups in total. The molecule has 0 radical (unpaired) electrons. The van der Waals surface area contributed by atoms with Crippen molar-refractivity contribution in [2.75, 3.05) is 13.6 Å². The first-order valence-electron chi connectivity index (χ1n) is 6.19. The molecule has 6 heteroatoms. The zero-order chi connectivity index (χ0) is 13.2. The van der Waals surface area contributed by atoms with Gasteiger partial charge in [0.15, 0.2) is 0 Å². The summed E-state index contributed by atoms with van der Waals surface area (Å²) in [5.41, 5.74) is 1.04. The number of aryl methyl sites for hydroxylation is 2. The second-order valence-electron chi connectivity index (χ2n) is 4.68. The summed E-state index contributed by atoms with van der Waals surface area (Å²) in [5, 5.41) is 3.77. The van der Waals surface area contributed by atoms with E-state index in [0.717, 1.165) is 31.5 Å². The lowest BCUT2D eigenvalue weighted by Crippen LogP contribution is -2.21. The van der Waals surface area contributed by atoms with E-state index in [2.05, 4.69) is 10.3 Å². The summed E-state index contributed by atoms with van der Waals surface area (Å²) >= 11 is 1.47. The zero-order valence-electron chi connectivity index (χ0n) is 10.3. The number of thiazole rings is 1. The van der Waals surface area contributed by atoms with E-state index < -0.39 is 12.6 Å². The fourth-order valence-electron chi connectivity index (χ4n) is 2.36. The van der Waals surface area contributed by atoms with Crippen LogP contribution in [0.15, 0.2) is 0 Å². The third-order valence-electron chi connectivity index (χ3n) is 3.19. The van der Waals surface area contributed by atoms with Gasteiger partial charge >= 0.3 is 6.18 Å². The quantitative estimate of drug-likeness (QED) is 0.914. The van der Waals surface area contributed by atoms with E-state index in [-0.39, 0.29) is 6.42 Å². The predicted octanol–water partition coefficient (Wildman–Crippen LogP) is 3.28. The molecule has 2 rings (SSSR count). The van der Waals surface area contributed by atoms with Gasteiger partial charge in [-0.05, 0) is 26.3 Å². The second-order valence-corrected chi connectivity index (χ2v) is 5.85. The first-order chi connectivity index (χ1) is 8.49. The molecule has 0 saturated heterocycles. The molecule has 1 aromatic rings. The molecule has 0 fully saturated rings. The summed E-state index contributed by atoms with van der Waals surface area (Å²) in [5.74, 6) is 0.370. The van der Waals surface area contributed by atoms with Crippen LogP contribution in [0.2, 0.25) is 0 Å². The Morgan fingerprint density at radius 3 is 2.89 bits per heavy atom. The van der Waals surface area contributed by atoms with Gasteiger partial charge in [0, 0.05) is 30.2 Å². The van der Waals surface area contributed by atoms with Crippen LogP contribution < -0.4 is 5.32 Å². The lowest BCUT2D eigenvalue weighted by atomic mass is 9.91.